The number of imide groups is 1. The standard InChI is InChI=1S/C24H34N4O3/c1-17-13-23(3,4)16-24(14-17)21(30)28(22(31)25-24)15-20(29)27-11-9-26(10-12-27)19-8-6-5-7-18(19)2/h5-8,17H,9-16H2,1-4H3,(H,25,31). The molecular formula is C24H34N4O3. The summed E-state index contributed by atoms with van der Waals surface area (Å²) < 4.78 is 0. The summed E-state index contributed by atoms with van der Waals surface area (Å²) in [5.74, 6) is -0.0460. The van der Waals surface area contributed by atoms with Gasteiger partial charge in [0.15, 0.2) is 0 Å². The van der Waals surface area contributed by atoms with E-state index in [9.17, 15) is 14.4 Å². The number of carbonyl (C=O) groups is 3. The zero-order chi connectivity index (χ0) is 22.4. The molecule has 2 saturated heterocycles. The normalized spacial score (nSPS) is 28.3. The average Bonchev–Trinajstić information content (AvgIpc) is 2.90. The predicted molar refractivity (Wildman–Crippen MR) is 120 cm³/mol. The van der Waals surface area contributed by atoms with Crippen molar-refractivity contribution in [1.29, 1.82) is 0 Å². The summed E-state index contributed by atoms with van der Waals surface area (Å²) in [6.07, 6.45) is 2.29. The summed E-state index contributed by atoms with van der Waals surface area (Å²) >= 11 is 0. The SMILES string of the molecule is Cc1ccccc1N1CCN(C(=O)CN2C(=O)NC3(CC(C)CC(C)(C)C3)C2=O)CC1. The van der Waals surface area contributed by atoms with Crippen LogP contribution in [0.2, 0.25) is 0 Å². The predicted octanol–water partition coefficient (Wildman–Crippen LogP) is 2.78. The first-order chi connectivity index (χ1) is 14.6. The lowest BCUT2D eigenvalue weighted by Gasteiger charge is -2.43. The molecule has 1 aliphatic carbocycles. The molecule has 31 heavy (non-hydrogen) atoms. The lowest BCUT2D eigenvalue weighted by molar-refractivity contribution is -0.140. The molecule has 1 aromatic rings. The van der Waals surface area contributed by atoms with Gasteiger partial charge in [-0.15, -0.1) is 0 Å². The Morgan fingerprint density at radius 1 is 1.10 bits per heavy atom. The third-order valence-corrected chi connectivity index (χ3v) is 7.01. The van der Waals surface area contributed by atoms with E-state index in [1.165, 1.54) is 11.3 Å². The fourth-order valence-electron chi connectivity index (χ4n) is 6.00. The number of amides is 4. The van der Waals surface area contributed by atoms with Crippen LogP contribution in [0, 0.1) is 18.3 Å². The molecule has 1 N–H and O–H groups in total. The number of anilines is 1. The van der Waals surface area contributed by atoms with Crippen molar-refractivity contribution in [2.75, 3.05) is 37.6 Å². The molecule has 0 radical (unpaired) electrons. The van der Waals surface area contributed by atoms with Crippen LogP contribution in [-0.2, 0) is 9.59 Å². The Morgan fingerprint density at radius 2 is 1.77 bits per heavy atom. The van der Waals surface area contributed by atoms with Crippen molar-refractivity contribution in [1.82, 2.24) is 15.1 Å². The zero-order valence-corrected chi connectivity index (χ0v) is 19.1. The Kier molecular flexibility index (Phi) is 5.48. The molecule has 1 spiro atoms. The number of urea groups is 1. The van der Waals surface area contributed by atoms with Crippen molar-refractivity contribution < 1.29 is 14.4 Å². The molecule has 7 nitrogen and oxygen atoms in total. The summed E-state index contributed by atoms with van der Waals surface area (Å²) in [5.41, 5.74) is 1.53. The molecule has 4 rings (SSSR count). The molecule has 2 atom stereocenters. The number of benzene rings is 1. The van der Waals surface area contributed by atoms with Gasteiger partial charge in [0.2, 0.25) is 5.91 Å². The molecule has 7 heteroatoms. The Balaban J connectivity index is 1.39. The number of hydrogen-bond donors (Lipinski definition) is 1. The molecule has 3 aliphatic rings. The van der Waals surface area contributed by atoms with Crippen LogP contribution in [0.1, 0.15) is 45.6 Å². The number of carbonyl (C=O) groups excluding carboxylic acids is 3. The molecule has 2 unspecified atom stereocenters. The number of aryl methyl sites for hydroxylation is 1. The van der Waals surface area contributed by atoms with E-state index in [0.717, 1.165) is 24.4 Å². The van der Waals surface area contributed by atoms with Crippen LogP contribution in [0.15, 0.2) is 24.3 Å². The summed E-state index contributed by atoms with van der Waals surface area (Å²) in [5, 5.41) is 2.96. The molecule has 1 saturated carbocycles. The van der Waals surface area contributed by atoms with Crippen LogP contribution in [0.3, 0.4) is 0 Å². The van der Waals surface area contributed by atoms with Gasteiger partial charge >= 0.3 is 6.03 Å². The highest BCUT2D eigenvalue weighted by Crippen LogP contribution is 2.46. The Labute approximate surface area is 184 Å². The minimum Gasteiger partial charge on any atom is -0.368 e. The smallest absolute Gasteiger partial charge is 0.325 e. The van der Waals surface area contributed by atoms with Crippen molar-refractivity contribution in [3.63, 3.8) is 0 Å². The van der Waals surface area contributed by atoms with Gasteiger partial charge in [-0.2, -0.15) is 0 Å². The zero-order valence-electron chi connectivity index (χ0n) is 19.1. The average molecular weight is 427 g/mol. The summed E-state index contributed by atoms with van der Waals surface area (Å²) in [4.78, 5) is 44.1. The summed E-state index contributed by atoms with van der Waals surface area (Å²) in [7, 11) is 0. The van der Waals surface area contributed by atoms with Crippen molar-refractivity contribution in [3.8, 4) is 0 Å². The second-order valence-electron chi connectivity index (χ2n) is 10.4. The third-order valence-electron chi connectivity index (χ3n) is 7.01. The van der Waals surface area contributed by atoms with Gasteiger partial charge in [0, 0.05) is 31.9 Å². The highest BCUT2D eigenvalue weighted by molar-refractivity contribution is 6.09. The Morgan fingerprint density at radius 3 is 2.42 bits per heavy atom. The second kappa shape index (κ2) is 7.84. The molecule has 0 aromatic heterocycles. The molecule has 4 amide bonds. The first-order valence-electron chi connectivity index (χ1n) is 11.3. The van der Waals surface area contributed by atoms with Crippen molar-refractivity contribution >= 4 is 23.5 Å². The number of piperazine rings is 1. The van der Waals surface area contributed by atoms with E-state index in [4.69, 9.17) is 0 Å². The molecular weight excluding hydrogens is 392 g/mol. The van der Waals surface area contributed by atoms with E-state index in [1.807, 2.05) is 12.1 Å². The van der Waals surface area contributed by atoms with E-state index < -0.39 is 11.6 Å². The van der Waals surface area contributed by atoms with Gasteiger partial charge < -0.3 is 15.1 Å². The highest BCUT2D eigenvalue weighted by atomic mass is 16.2. The van der Waals surface area contributed by atoms with Gasteiger partial charge in [0.25, 0.3) is 5.91 Å². The largest absolute Gasteiger partial charge is 0.368 e. The second-order valence-corrected chi connectivity index (χ2v) is 10.4. The number of nitrogens with zero attached hydrogens (tertiary/aromatic N) is 3. The lowest BCUT2D eigenvalue weighted by Crippen LogP contribution is -2.55. The fourth-order valence-corrected chi connectivity index (χ4v) is 6.00. The van der Waals surface area contributed by atoms with Crippen molar-refractivity contribution in [3.05, 3.63) is 29.8 Å². The number of rotatable bonds is 3. The first-order valence-corrected chi connectivity index (χ1v) is 11.3. The van der Waals surface area contributed by atoms with Gasteiger partial charge in [-0.3, -0.25) is 14.5 Å². The van der Waals surface area contributed by atoms with Crippen LogP contribution in [0.5, 0.6) is 0 Å². The summed E-state index contributed by atoms with van der Waals surface area (Å²) in [6, 6.07) is 7.82. The van der Waals surface area contributed by atoms with E-state index >= 15 is 0 Å². The molecule has 2 aliphatic heterocycles. The first kappa shape index (κ1) is 21.7. The monoisotopic (exact) mass is 426 g/mol. The van der Waals surface area contributed by atoms with Gasteiger partial charge in [-0.1, -0.05) is 39.0 Å². The summed E-state index contributed by atoms with van der Waals surface area (Å²) in [6.45, 7) is 11.0. The van der Waals surface area contributed by atoms with Crippen LogP contribution in [0.4, 0.5) is 10.5 Å². The molecule has 168 valence electrons. The Bertz CT molecular complexity index is 891. The molecule has 1 aromatic carbocycles. The van der Waals surface area contributed by atoms with Gasteiger partial charge in [0.1, 0.15) is 12.1 Å². The maximum atomic E-state index is 13.3. The van der Waals surface area contributed by atoms with E-state index in [2.05, 4.69) is 50.0 Å². The fraction of sp³-hybridized carbons (Fsp3) is 0.625. The topological polar surface area (TPSA) is 73.0 Å². The van der Waals surface area contributed by atoms with Crippen LogP contribution >= 0.6 is 0 Å². The molecule has 2 heterocycles. The maximum Gasteiger partial charge on any atom is 0.325 e. The van der Waals surface area contributed by atoms with Gasteiger partial charge in [-0.25, -0.2) is 4.79 Å². The van der Waals surface area contributed by atoms with E-state index in [-0.39, 0.29) is 23.8 Å². The van der Waals surface area contributed by atoms with E-state index in [1.54, 1.807) is 4.90 Å². The minimum absolute atomic E-state index is 0.0213. The van der Waals surface area contributed by atoms with Crippen molar-refractivity contribution in [2.24, 2.45) is 11.3 Å². The van der Waals surface area contributed by atoms with Crippen LogP contribution in [-0.4, -0.2) is 65.9 Å². The van der Waals surface area contributed by atoms with Gasteiger partial charge in [-0.05, 0) is 49.1 Å². The maximum absolute atomic E-state index is 13.3. The Hall–Kier alpha value is -2.57. The highest BCUT2D eigenvalue weighted by Gasteiger charge is 2.56. The number of para-hydroxylation sites is 1. The molecule has 3 fully saturated rings. The van der Waals surface area contributed by atoms with Crippen molar-refractivity contribution in [2.45, 2.75) is 52.5 Å². The quantitative estimate of drug-likeness (QED) is 0.755. The lowest BCUT2D eigenvalue weighted by atomic mass is 9.64. The van der Waals surface area contributed by atoms with Crippen LogP contribution < -0.4 is 10.2 Å². The molecule has 0 bridgehead atoms. The van der Waals surface area contributed by atoms with Gasteiger partial charge in [0.05, 0.1) is 0 Å². The minimum atomic E-state index is -0.859. The van der Waals surface area contributed by atoms with Crippen LogP contribution in [0.25, 0.3) is 0 Å². The number of nitrogens with one attached hydrogen (secondary N) is 1. The third kappa shape index (κ3) is 4.14. The number of hydrogen-bond acceptors (Lipinski definition) is 4. The van der Waals surface area contributed by atoms with E-state index in [0.29, 0.717) is 31.8 Å².